The number of carbonyl (C=O) groups is 1. The first-order valence-electron chi connectivity index (χ1n) is 8.54. The fraction of sp³-hybridized carbons (Fsp3) is 0.333. The molecule has 2 heterocycles. The van der Waals surface area contributed by atoms with Crippen LogP contribution < -0.4 is 11.1 Å². The van der Waals surface area contributed by atoms with Crippen LogP contribution in [0.5, 0.6) is 0 Å². The number of aryl methyl sites for hydroxylation is 1. The number of benzene rings is 1. The first-order chi connectivity index (χ1) is 12.7. The van der Waals surface area contributed by atoms with Gasteiger partial charge in [0.15, 0.2) is 5.82 Å². The zero-order valence-electron chi connectivity index (χ0n) is 15.0. The monoisotopic (exact) mass is 407 g/mol. The largest absolute Gasteiger partial charge is 0.350 e. The molecule has 3 rings (SSSR count). The van der Waals surface area contributed by atoms with Gasteiger partial charge in [-0.25, -0.2) is 4.98 Å². The number of nitrogens with zero attached hydrogens (tertiary/aromatic N) is 3. The summed E-state index contributed by atoms with van der Waals surface area (Å²) in [5, 5.41) is 9.45. The highest BCUT2D eigenvalue weighted by Gasteiger charge is 2.10. The van der Waals surface area contributed by atoms with Crippen LogP contribution in [0, 0.1) is 0 Å². The summed E-state index contributed by atoms with van der Waals surface area (Å²) in [5.41, 5.74) is 7.96. The number of nitrogens with one attached hydrogen (secondary N) is 1. The van der Waals surface area contributed by atoms with Crippen molar-refractivity contribution in [3.63, 3.8) is 0 Å². The molecule has 1 aromatic carbocycles. The maximum atomic E-state index is 12.1. The highest BCUT2D eigenvalue weighted by atomic mass is 35.5. The van der Waals surface area contributed by atoms with Gasteiger partial charge in [-0.05, 0) is 30.7 Å². The zero-order chi connectivity index (χ0) is 18.4. The maximum Gasteiger partial charge on any atom is 0.270 e. The number of carbonyl (C=O) groups excluding carboxylic acids is 1. The molecule has 0 aliphatic carbocycles. The van der Waals surface area contributed by atoms with Crippen molar-refractivity contribution in [1.82, 2.24) is 20.4 Å². The third-order valence-electron chi connectivity index (χ3n) is 3.83. The number of hydrogen-bond donors (Lipinski definition) is 2. The van der Waals surface area contributed by atoms with Crippen molar-refractivity contribution in [3.05, 3.63) is 51.7 Å². The summed E-state index contributed by atoms with van der Waals surface area (Å²) in [6, 6.07) is 7.90. The van der Waals surface area contributed by atoms with Crippen molar-refractivity contribution >= 4 is 29.7 Å². The average Bonchev–Trinajstić information content (AvgIpc) is 3.32. The Morgan fingerprint density at radius 3 is 2.67 bits per heavy atom. The lowest BCUT2D eigenvalue weighted by atomic mass is 10.1. The van der Waals surface area contributed by atoms with E-state index in [1.165, 1.54) is 11.3 Å². The standard InChI is InChI=1S/C18H21N5O2S.ClH/c1-2-15-22-18(25-23-15)13-5-3-12(4-6-13)8-10-20-17(24)14-11-26-16(21-14)7-9-19;/h3-6,11H,2,7-10,19H2,1H3,(H,20,24);1H. The smallest absolute Gasteiger partial charge is 0.270 e. The molecule has 9 heteroatoms. The molecule has 0 aliphatic rings. The van der Waals surface area contributed by atoms with E-state index in [9.17, 15) is 4.79 Å². The van der Waals surface area contributed by atoms with Crippen molar-refractivity contribution < 1.29 is 9.32 Å². The Kier molecular flexibility index (Phi) is 7.90. The summed E-state index contributed by atoms with van der Waals surface area (Å²) >= 11 is 1.46. The number of rotatable bonds is 8. The van der Waals surface area contributed by atoms with Crippen LogP contribution in [0.15, 0.2) is 34.2 Å². The minimum absolute atomic E-state index is 0. The minimum atomic E-state index is -0.154. The van der Waals surface area contributed by atoms with Crippen LogP contribution in [0.2, 0.25) is 0 Å². The van der Waals surface area contributed by atoms with Gasteiger partial charge in [0.25, 0.3) is 11.8 Å². The lowest BCUT2D eigenvalue weighted by Crippen LogP contribution is -2.26. The number of nitrogens with two attached hydrogens (primary N) is 1. The number of halogens is 1. The Hall–Kier alpha value is -2.29. The minimum Gasteiger partial charge on any atom is -0.350 e. The van der Waals surface area contributed by atoms with Gasteiger partial charge < -0.3 is 15.6 Å². The average molecular weight is 408 g/mol. The van der Waals surface area contributed by atoms with E-state index in [0.29, 0.717) is 36.9 Å². The first-order valence-corrected chi connectivity index (χ1v) is 9.42. The van der Waals surface area contributed by atoms with Crippen LogP contribution in [0.25, 0.3) is 11.5 Å². The van der Waals surface area contributed by atoms with E-state index in [2.05, 4.69) is 20.4 Å². The third-order valence-corrected chi connectivity index (χ3v) is 4.74. The molecule has 1 amide bonds. The molecule has 0 saturated heterocycles. The van der Waals surface area contributed by atoms with Crippen LogP contribution in [0.4, 0.5) is 0 Å². The Labute approximate surface area is 167 Å². The molecular formula is C18H22ClN5O2S. The van der Waals surface area contributed by atoms with Crippen molar-refractivity contribution in [3.8, 4) is 11.5 Å². The molecule has 7 nitrogen and oxygen atoms in total. The molecule has 0 saturated carbocycles. The topological polar surface area (TPSA) is 107 Å². The Bertz CT molecular complexity index is 863. The molecular weight excluding hydrogens is 386 g/mol. The number of aromatic nitrogens is 3. The molecule has 0 aliphatic heterocycles. The summed E-state index contributed by atoms with van der Waals surface area (Å²) in [4.78, 5) is 20.7. The van der Waals surface area contributed by atoms with Crippen LogP contribution >= 0.6 is 23.7 Å². The lowest BCUT2D eigenvalue weighted by Gasteiger charge is -2.04. The molecule has 2 aromatic heterocycles. The molecule has 0 atom stereocenters. The van der Waals surface area contributed by atoms with E-state index in [1.54, 1.807) is 5.38 Å². The van der Waals surface area contributed by atoms with Gasteiger partial charge >= 0.3 is 0 Å². The second-order valence-corrected chi connectivity index (χ2v) is 6.68. The molecule has 0 spiro atoms. The van der Waals surface area contributed by atoms with Gasteiger partial charge in [0.2, 0.25) is 0 Å². The van der Waals surface area contributed by atoms with E-state index < -0.39 is 0 Å². The van der Waals surface area contributed by atoms with Crippen molar-refractivity contribution in [2.45, 2.75) is 26.2 Å². The molecule has 3 aromatic rings. The van der Waals surface area contributed by atoms with E-state index >= 15 is 0 Å². The highest BCUT2D eigenvalue weighted by molar-refractivity contribution is 7.09. The lowest BCUT2D eigenvalue weighted by molar-refractivity contribution is 0.0949. The van der Waals surface area contributed by atoms with Crippen molar-refractivity contribution in [2.24, 2.45) is 5.73 Å². The normalized spacial score (nSPS) is 10.4. The summed E-state index contributed by atoms with van der Waals surface area (Å²) in [6.07, 6.45) is 2.17. The Balaban J connectivity index is 0.00000261. The molecule has 27 heavy (non-hydrogen) atoms. The summed E-state index contributed by atoms with van der Waals surface area (Å²) in [7, 11) is 0. The number of amides is 1. The second kappa shape index (κ2) is 10.1. The van der Waals surface area contributed by atoms with E-state index in [4.69, 9.17) is 10.3 Å². The molecule has 0 radical (unpaired) electrons. The predicted octanol–water partition coefficient (Wildman–Crippen LogP) is 2.65. The van der Waals surface area contributed by atoms with Gasteiger partial charge in [-0.2, -0.15) is 4.98 Å². The van der Waals surface area contributed by atoms with Gasteiger partial charge in [0, 0.05) is 30.3 Å². The van der Waals surface area contributed by atoms with Crippen LogP contribution in [-0.2, 0) is 19.3 Å². The van der Waals surface area contributed by atoms with Gasteiger partial charge in [0.1, 0.15) is 5.69 Å². The number of thiazole rings is 1. The molecule has 144 valence electrons. The fourth-order valence-electron chi connectivity index (χ4n) is 2.39. The van der Waals surface area contributed by atoms with Gasteiger partial charge in [-0.3, -0.25) is 4.79 Å². The zero-order valence-corrected chi connectivity index (χ0v) is 16.6. The second-order valence-electron chi connectivity index (χ2n) is 5.74. The summed E-state index contributed by atoms with van der Waals surface area (Å²) in [6.45, 7) is 3.06. The van der Waals surface area contributed by atoms with Gasteiger partial charge in [-0.15, -0.1) is 23.7 Å². The van der Waals surface area contributed by atoms with Crippen LogP contribution in [-0.4, -0.2) is 34.1 Å². The van der Waals surface area contributed by atoms with Crippen LogP contribution in [0.1, 0.15) is 33.8 Å². The van der Waals surface area contributed by atoms with Crippen molar-refractivity contribution in [1.29, 1.82) is 0 Å². The van der Waals surface area contributed by atoms with E-state index in [1.807, 2.05) is 31.2 Å². The van der Waals surface area contributed by atoms with Crippen molar-refractivity contribution in [2.75, 3.05) is 13.1 Å². The first kappa shape index (κ1) is 21.0. The summed E-state index contributed by atoms with van der Waals surface area (Å²) < 4.78 is 5.23. The maximum absolute atomic E-state index is 12.1. The highest BCUT2D eigenvalue weighted by Crippen LogP contribution is 2.18. The Morgan fingerprint density at radius 2 is 2.00 bits per heavy atom. The van der Waals surface area contributed by atoms with Crippen LogP contribution in [0.3, 0.4) is 0 Å². The fourth-order valence-corrected chi connectivity index (χ4v) is 3.19. The van der Waals surface area contributed by atoms with E-state index in [-0.39, 0.29) is 18.3 Å². The van der Waals surface area contributed by atoms with E-state index in [0.717, 1.165) is 29.0 Å². The third kappa shape index (κ3) is 5.59. The summed E-state index contributed by atoms with van der Waals surface area (Å²) in [5.74, 6) is 1.07. The predicted molar refractivity (Wildman–Crippen MR) is 107 cm³/mol. The molecule has 0 unspecified atom stereocenters. The molecule has 3 N–H and O–H groups in total. The van der Waals surface area contributed by atoms with Gasteiger partial charge in [-0.1, -0.05) is 24.2 Å². The molecule has 0 bridgehead atoms. The quantitative estimate of drug-likeness (QED) is 0.594. The SMILES string of the molecule is CCc1noc(-c2ccc(CCNC(=O)c3csc(CCN)n3)cc2)n1.Cl. The van der Waals surface area contributed by atoms with Gasteiger partial charge in [0.05, 0.1) is 5.01 Å². The number of hydrogen-bond acceptors (Lipinski definition) is 7. The molecule has 0 fully saturated rings. The Morgan fingerprint density at radius 1 is 1.22 bits per heavy atom.